The number of rotatable bonds is 6. The Bertz CT molecular complexity index is 627. The zero-order valence-electron chi connectivity index (χ0n) is 15.5. The number of carbonyl (C=O) groups is 1. The molecule has 8 heteroatoms. The number of hydrogen-bond donors (Lipinski definition) is 2. The first-order valence-corrected chi connectivity index (χ1v) is 8.91. The first kappa shape index (κ1) is 23.0. The van der Waals surface area contributed by atoms with Crippen molar-refractivity contribution in [3.63, 3.8) is 0 Å². The van der Waals surface area contributed by atoms with E-state index in [2.05, 4.69) is 20.5 Å². The molecule has 1 aliphatic heterocycles. The third-order valence-electron chi connectivity index (χ3n) is 4.23. The monoisotopic (exact) mass is 494 g/mol. The van der Waals surface area contributed by atoms with E-state index in [0.717, 1.165) is 37.6 Å². The number of nitrogens with one attached hydrogen (secondary N) is 2. The van der Waals surface area contributed by atoms with Gasteiger partial charge in [-0.1, -0.05) is 17.7 Å². The second-order valence-corrected chi connectivity index (χ2v) is 6.72. The Hall–Kier alpha value is -1.06. The molecule has 1 amide bonds. The third kappa shape index (κ3) is 6.92. The lowest BCUT2D eigenvalue weighted by Crippen LogP contribution is -2.41. The summed E-state index contributed by atoms with van der Waals surface area (Å²) in [5, 5.41) is 6.65. The molecule has 1 saturated heterocycles. The van der Waals surface area contributed by atoms with Crippen molar-refractivity contribution in [3.8, 4) is 0 Å². The van der Waals surface area contributed by atoms with Crippen LogP contribution in [0.15, 0.2) is 23.2 Å². The summed E-state index contributed by atoms with van der Waals surface area (Å²) in [6, 6.07) is 5.58. The maximum Gasteiger partial charge on any atom is 0.226 e. The minimum Gasteiger partial charge on any atom is -0.384 e. The number of nitrogens with zero attached hydrogens (tertiary/aromatic N) is 2. The molecule has 26 heavy (non-hydrogen) atoms. The van der Waals surface area contributed by atoms with Crippen molar-refractivity contribution in [2.24, 2.45) is 10.9 Å². The molecule has 1 aliphatic rings. The van der Waals surface area contributed by atoms with Crippen molar-refractivity contribution in [2.45, 2.75) is 19.8 Å². The number of methoxy groups -OCH3 is 1. The van der Waals surface area contributed by atoms with Crippen molar-refractivity contribution >= 4 is 53.1 Å². The van der Waals surface area contributed by atoms with E-state index in [9.17, 15) is 4.79 Å². The molecular weight excluding hydrogens is 467 g/mol. The van der Waals surface area contributed by atoms with E-state index in [1.807, 2.05) is 25.1 Å². The predicted octanol–water partition coefficient (Wildman–Crippen LogP) is 3.14. The number of benzene rings is 1. The van der Waals surface area contributed by atoms with Gasteiger partial charge in [-0.3, -0.25) is 9.79 Å². The number of carbonyl (C=O) groups excluding carboxylic acids is 1. The Balaban J connectivity index is 0.00000338. The van der Waals surface area contributed by atoms with Crippen LogP contribution >= 0.6 is 35.6 Å². The van der Waals surface area contributed by atoms with Gasteiger partial charge >= 0.3 is 0 Å². The molecule has 1 unspecified atom stereocenters. The first-order chi connectivity index (χ1) is 12.0. The summed E-state index contributed by atoms with van der Waals surface area (Å²) in [7, 11) is 3.49. The normalized spacial score (nSPS) is 17.0. The second kappa shape index (κ2) is 11.6. The van der Waals surface area contributed by atoms with Gasteiger partial charge in [-0.05, 0) is 31.0 Å². The highest BCUT2D eigenvalue weighted by Gasteiger charge is 2.24. The Kier molecular flexibility index (Phi) is 10.3. The maximum atomic E-state index is 12.1. The van der Waals surface area contributed by atoms with Crippen LogP contribution in [0.4, 0.5) is 5.69 Å². The van der Waals surface area contributed by atoms with Crippen LogP contribution in [0.3, 0.4) is 0 Å². The Morgan fingerprint density at radius 3 is 2.88 bits per heavy atom. The second-order valence-electron chi connectivity index (χ2n) is 6.31. The molecule has 0 aromatic heterocycles. The van der Waals surface area contributed by atoms with E-state index in [1.165, 1.54) is 0 Å². The van der Waals surface area contributed by atoms with Gasteiger partial charge in [0.1, 0.15) is 0 Å². The summed E-state index contributed by atoms with van der Waals surface area (Å²) >= 11 is 6.14. The number of anilines is 1. The summed E-state index contributed by atoms with van der Waals surface area (Å²) in [6.07, 6.45) is 1.44. The molecule has 1 aromatic carbocycles. The Morgan fingerprint density at radius 1 is 1.46 bits per heavy atom. The average molecular weight is 495 g/mol. The number of ether oxygens (including phenoxy) is 1. The zero-order chi connectivity index (χ0) is 18.2. The van der Waals surface area contributed by atoms with Crippen LogP contribution in [0.1, 0.15) is 18.4 Å². The SMILES string of the molecule is CN=C(NCCC(=O)Nc1ccc(C)cc1Cl)N1CCC(COC)C1.I. The fourth-order valence-corrected chi connectivity index (χ4v) is 3.23. The maximum absolute atomic E-state index is 12.1. The van der Waals surface area contributed by atoms with Crippen LogP contribution < -0.4 is 10.6 Å². The average Bonchev–Trinajstić information content (AvgIpc) is 3.03. The van der Waals surface area contributed by atoms with Gasteiger partial charge in [0.25, 0.3) is 0 Å². The lowest BCUT2D eigenvalue weighted by atomic mass is 10.1. The summed E-state index contributed by atoms with van der Waals surface area (Å²) in [5.41, 5.74) is 1.70. The van der Waals surface area contributed by atoms with Gasteiger partial charge in [-0.15, -0.1) is 24.0 Å². The fraction of sp³-hybridized carbons (Fsp3) is 0.556. The predicted molar refractivity (Wildman–Crippen MR) is 118 cm³/mol. The minimum atomic E-state index is -0.0765. The molecule has 0 bridgehead atoms. The van der Waals surface area contributed by atoms with Crippen molar-refractivity contribution in [2.75, 3.05) is 45.7 Å². The van der Waals surface area contributed by atoms with Gasteiger partial charge < -0.3 is 20.3 Å². The molecule has 146 valence electrons. The molecule has 1 atom stereocenters. The van der Waals surface area contributed by atoms with Crippen LogP contribution in [-0.2, 0) is 9.53 Å². The van der Waals surface area contributed by atoms with Gasteiger partial charge in [0.15, 0.2) is 5.96 Å². The van der Waals surface area contributed by atoms with Gasteiger partial charge in [-0.25, -0.2) is 0 Å². The van der Waals surface area contributed by atoms with E-state index in [4.69, 9.17) is 16.3 Å². The highest BCUT2D eigenvalue weighted by molar-refractivity contribution is 14.0. The van der Waals surface area contributed by atoms with Crippen molar-refractivity contribution in [1.29, 1.82) is 0 Å². The Labute approximate surface area is 177 Å². The highest BCUT2D eigenvalue weighted by Crippen LogP contribution is 2.22. The number of hydrogen-bond acceptors (Lipinski definition) is 3. The van der Waals surface area contributed by atoms with Crippen LogP contribution in [0.2, 0.25) is 5.02 Å². The molecule has 1 aromatic rings. The summed E-state index contributed by atoms with van der Waals surface area (Å²) < 4.78 is 5.22. The molecule has 0 radical (unpaired) electrons. The number of aliphatic imine (C=N–C) groups is 1. The van der Waals surface area contributed by atoms with Gasteiger partial charge in [0.05, 0.1) is 17.3 Å². The smallest absolute Gasteiger partial charge is 0.226 e. The third-order valence-corrected chi connectivity index (χ3v) is 4.55. The molecule has 2 N–H and O–H groups in total. The van der Waals surface area contributed by atoms with Crippen LogP contribution in [0, 0.1) is 12.8 Å². The zero-order valence-corrected chi connectivity index (χ0v) is 18.6. The van der Waals surface area contributed by atoms with Gasteiger partial charge in [0, 0.05) is 46.1 Å². The van der Waals surface area contributed by atoms with Crippen LogP contribution in [-0.4, -0.2) is 57.2 Å². The first-order valence-electron chi connectivity index (χ1n) is 8.54. The largest absolute Gasteiger partial charge is 0.384 e. The van der Waals surface area contributed by atoms with E-state index >= 15 is 0 Å². The quantitative estimate of drug-likeness (QED) is 0.362. The number of halogens is 2. The summed E-state index contributed by atoms with van der Waals surface area (Å²) in [6.45, 7) is 5.14. The topological polar surface area (TPSA) is 66.0 Å². The van der Waals surface area contributed by atoms with Crippen LogP contribution in [0.5, 0.6) is 0 Å². The lowest BCUT2D eigenvalue weighted by Gasteiger charge is -2.21. The molecular formula is C18H28ClIN4O2. The number of guanidine groups is 1. The molecule has 6 nitrogen and oxygen atoms in total. The van der Waals surface area contributed by atoms with E-state index < -0.39 is 0 Å². The van der Waals surface area contributed by atoms with Gasteiger partial charge in [-0.2, -0.15) is 0 Å². The fourth-order valence-electron chi connectivity index (χ4n) is 2.95. The lowest BCUT2D eigenvalue weighted by molar-refractivity contribution is -0.116. The minimum absolute atomic E-state index is 0. The number of aryl methyl sites for hydroxylation is 1. The standard InChI is InChI=1S/C18H27ClN4O2.HI/c1-13-4-5-16(15(19)10-13)22-17(24)6-8-21-18(20-2)23-9-7-14(11-23)12-25-3;/h4-5,10,14H,6-9,11-12H2,1-3H3,(H,20,21)(H,22,24);1H. The molecule has 0 aliphatic carbocycles. The molecule has 0 spiro atoms. The van der Waals surface area contributed by atoms with Crippen molar-refractivity contribution in [1.82, 2.24) is 10.2 Å². The van der Waals surface area contributed by atoms with E-state index in [-0.39, 0.29) is 29.9 Å². The molecule has 1 fully saturated rings. The molecule has 1 heterocycles. The highest BCUT2D eigenvalue weighted by atomic mass is 127. The molecule has 0 saturated carbocycles. The number of likely N-dealkylation sites (tertiary alicyclic amines) is 1. The summed E-state index contributed by atoms with van der Waals surface area (Å²) in [5.74, 6) is 1.29. The van der Waals surface area contributed by atoms with Crippen molar-refractivity contribution < 1.29 is 9.53 Å². The van der Waals surface area contributed by atoms with E-state index in [1.54, 1.807) is 14.2 Å². The number of amides is 1. The summed E-state index contributed by atoms with van der Waals surface area (Å²) in [4.78, 5) is 18.6. The Morgan fingerprint density at radius 2 is 2.23 bits per heavy atom. The van der Waals surface area contributed by atoms with Gasteiger partial charge in [0.2, 0.25) is 5.91 Å². The van der Waals surface area contributed by atoms with Crippen molar-refractivity contribution in [3.05, 3.63) is 28.8 Å². The van der Waals surface area contributed by atoms with E-state index in [0.29, 0.717) is 29.6 Å². The van der Waals surface area contributed by atoms with Crippen LogP contribution in [0.25, 0.3) is 0 Å². The molecule has 2 rings (SSSR count).